The zero-order valence-electron chi connectivity index (χ0n) is 15.0. The number of benzene rings is 1. The van der Waals surface area contributed by atoms with Crippen molar-refractivity contribution in [1.82, 2.24) is 20.0 Å². The summed E-state index contributed by atoms with van der Waals surface area (Å²) in [5.74, 6) is -0.399. The van der Waals surface area contributed by atoms with Gasteiger partial charge in [-0.15, -0.1) is 0 Å². The van der Waals surface area contributed by atoms with E-state index in [1.807, 2.05) is 6.92 Å². The first-order chi connectivity index (χ1) is 11.8. The van der Waals surface area contributed by atoms with Gasteiger partial charge in [0.05, 0.1) is 18.3 Å². The van der Waals surface area contributed by atoms with Crippen molar-refractivity contribution in [2.75, 3.05) is 13.6 Å². The van der Waals surface area contributed by atoms with Gasteiger partial charge in [-0.3, -0.25) is 0 Å². The fraction of sp³-hybridized carbons (Fsp3) is 0.444. The number of hydrogen-bond donors (Lipinski definition) is 2. The van der Waals surface area contributed by atoms with E-state index in [2.05, 4.69) is 10.4 Å². The van der Waals surface area contributed by atoms with Crippen LogP contribution >= 0.6 is 0 Å². The fourth-order valence-corrected chi connectivity index (χ4v) is 2.38. The average Bonchev–Trinajstić information content (AvgIpc) is 2.98. The van der Waals surface area contributed by atoms with E-state index in [1.165, 1.54) is 15.6 Å². The number of aliphatic hydroxyl groups excluding tert-OH is 1. The molecular weight excluding hydrogens is 323 g/mol. The molecule has 0 radical (unpaired) electrons. The molecule has 0 spiro atoms. The van der Waals surface area contributed by atoms with Gasteiger partial charge >= 0.3 is 6.03 Å². The summed E-state index contributed by atoms with van der Waals surface area (Å²) in [5, 5.41) is 16.2. The van der Waals surface area contributed by atoms with E-state index in [9.17, 15) is 14.3 Å². The third kappa shape index (κ3) is 5.03. The van der Waals surface area contributed by atoms with Crippen molar-refractivity contribution >= 4 is 6.03 Å². The minimum atomic E-state index is -0.458. The summed E-state index contributed by atoms with van der Waals surface area (Å²) >= 11 is 0. The SMILES string of the molecule is Cc1cnn(-c2ccc(C(C)NC(=O)N(C)CCC(C)O)cc2F)c1. The number of halogens is 1. The molecule has 25 heavy (non-hydrogen) atoms. The number of urea groups is 1. The normalized spacial score (nSPS) is 13.4. The van der Waals surface area contributed by atoms with Gasteiger partial charge in [0.25, 0.3) is 0 Å². The van der Waals surface area contributed by atoms with Crippen LogP contribution < -0.4 is 5.32 Å². The van der Waals surface area contributed by atoms with Crippen LogP contribution in [0.4, 0.5) is 9.18 Å². The molecule has 2 aromatic rings. The minimum absolute atomic E-state index is 0.264. The number of amides is 2. The van der Waals surface area contributed by atoms with Gasteiger partial charge in [0.15, 0.2) is 0 Å². The number of aromatic nitrogens is 2. The summed E-state index contributed by atoms with van der Waals surface area (Å²) in [5.41, 5.74) is 1.98. The van der Waals surface area contributed by atoms with Gasteiger partial charge in [-0.05, 0) is 50.5 Å². The molecule has 0 saturated heterocycles. The van der Waals surface area contributed by atoms with Crippen LogP contribution in [0.1, 0.15) is 37.4 Å². The summed E-state index contributed by atoms with van der Waals surface area (Å²) in [4.78, 5) is 13.6. The summed E-state index contributed by atoms with van der Waals surface area (Å²) in [7, 11) is 1.66. The second-order valence-electron chi connectivity index (χ2n) is 6.40. The Morgan fingerprint density at radius 3 is 2.72 bits per heavy atom. The maximum atomic E-state index is 14.4. The van der Waals surface area contributed by atoms with Crippen molar-refractivity contribution in [2.45, 2.75) is 39.3 Å². The number of hydrogen-bond acceptors (Lipinski definition) is 3. The summed E-state index contributed by atoms with van der Waals surface area (Å²) in [6.45, 7) is 5.82. The van der Waals surface area contributed by atoms with Gasteiger partial charge in [0, 0.05) is 19.8 Å². The largest absolute Gasteiger partial charge is 0.393 e. The minimum Gasteiger partial charge on any atom is -0.393 e. The summed E-state index contributed by atoms with van der Waals surface area (Å²) in [6, 6.07) is 4.23. The van der Waals surface area contributed by atoms with Gasteiger partial charge < -0.3 is 15.3 Å². The Balaban J connectivity index is 2.03. The van der Waals surface area contributed by atoms with E-state index >= 15 is 0 Å². The molecule has 0 aliphatic heterocycles. The quantitative estimate of drug-likeness (QED) is 0.843. The number of carbonyl (C=O) groups is 1. The Morgan fingerprint density at radius 1 is 1.44 bits per heavy atom. The molecule has 0 bridgehead atoms. The molecule has 2 atom stereocenters. The Hall–Kier alpha value is -2.41. The van der Waals surface area contributed by atoms with Gasteiger partial charge in [-0.25, -0.2) is 13.9 Å². The predicted octanol–water partition coefficient (Wildman–Crippen LogP) is 2.79. The molecule has 1 heterocycles. The number of aliphatic hydroxyl groups is 1. The van der Waals surface area contributed by atoms with Crippen molar-refractivity contribution in [3.8, 4) is 5.69 Å². The number of nitrogens with one attached hydrogen (secondary N) is 1. The van der Waals surface area contributed by atoms with E-state index in [1.54, 1.807) is 45.4 Å². The van der Waals surface area contributed by atoms with Crippen LogP contribution in [-0.2, 0) is 0 Å². The van der Waals surface area contributed by atoms with Gasteiger partial charge in [0.2, 0.25) is 0 Å². The number of nitrogens with zero attached hydrogens (tertiary/aromatic N) is 3. The highest BCUT2D eigenvalue weighted by molar-refractivity contribution is 5.74. The van der Waals surface area contributed by atoms with E-state index in [-0.39, 0.29) is 12.1 Å². The Kier molecular flexibility index (Phi) is 6.14. The average molecular weight is 348 g/mol. The van der Waals surface area contributed by atoms with Crippen molar-refractivity contribution in [2.24, 2.45) is 0 Å². The Morgan fingerprint density at radius 2 is 2.16 bits per heavy atom. The molecule has 2 rings (SSSR count). The zero-order valence-corrected chi connectivity index (χ0v) is 15.0. The smallest absolute Gasteiger partial charge is 0.317 e. The van der Waals surface area contributed by atoms with Crippen LogP contribution in [0.3, 0.4) is 0 Å². The third-order valence-corrected chi connectivity index (χ3v) is 4.00. The summed E-state index contributed by atoms with van der Waals surface area (Å²) < 4.78 is 15.9. The highest BCUT2D eigenvalue weighted by atomic mass is 19.1. The third-order valence-electron chi connectivity index (χ3n) is 4.00. The molecule has 0 saturated carbocycles. The molecule has 2 unspecified atom stereocenters. The predicted molar refractivity (Wildman–Crippen MR) is 94.1 cm³/mol. The highest BCUT2D eigenvalue weighted by Crippen LogP contribution is 2.20. The van der Waals surface area contributed by atoms with E-state index in [0.29, 0.717) is 24.2 Å². The lowest BCUT2D eigenvalue weighted by Gasteiger charge is -2.22. The first-order valence-electron chi connectivity index (χ1n) is 8.28. The maximum absolute atomic E-state index is 14.4. The van der Waals surface area contributed by atoms with Crippen LogP contribution in [0.15, 0.2) is 30.6 Å². The lowest BCUT2D eigenvalue weighted by Crippen LogP contribution is -2.39. The molecule has 1 aromatic heterocycles. The molecule has 6 nitrogen and oxygen atoms in total. The monoisotopic (exact) mass is 348 g/mol. The molecular formula is C18H25FN4O2. The van der Waals surface area contributed by atoms with Gasteiger partial charge in [-0.1, -0.05) is 6.07 Å². The van der Waals surface area contributed by atoms with Crippen LogP contribution in [0, 0.1) is 12.7 Å². The maximum Gasteiger partial charge on any atom is 0.317 e. The molecule has 0 fully saturated rings. The van der Waals surface area contributed by atoms with Gasteiger partial charge in [0.1, 0.15) is 11.5 Å². The lowest BCUT2D eigenvalue weighted by molar-refractivity contribution is 0.162. The first kappa shape index (κ1) is 18.9. The van der Waals surface area contributed by atoms with Crippen LogP contribution in [0.2, 0.25) is 0 Å². The van der Waals surface area contributed by atoms with Crippen molar-refractivity contribution < 1.29 is 14.3 Å². The zero-order chi connectivity index (χ0) is 18.6. The molecule has 7 heteroatoms. The number of aryl methyl sites for hydroxylation is 1. The van der Waals surface area contributed by atoms with Crippen molar-refractivity contribution in [3.63, 3.8) is 0 Å². The molecule has 1 aromatic carbocycles. The van der Waals surface area contributed by atoms with E-state index in [4.69, 9.17) is 0 Å². The second kappa shape index (κ2) is 8.11. The van der Waals surface area contributed by atoms with Crippen LogP contribution in [0.25, 0.3) is 5.69 Å². The first-order valence-corrected chi connectivity index (χ1v) is 8.28. The number of rotatable bonds is 6. The summed E-state index contributed by atoms with van der Waals surface area (Å²) in [6.07, 6.45) is 3.46. The Bertz CT molecular complexity index is 730. The van der Waals surface area contributed by atoms with E-state index in [0.717, 1.165) is 5.56 Å². The van der Waals surface area contributed by atoms with Crippen LogP contribution in [0.5, 0.6) is 0 Å². The van der Waals surface area contributed by atoms with Crippen molar-refractivity contribution in [3.05, 3.63) is 47.5 Å². The standard InChI is InChI=1S/C18H25FN4O2/c1-12-10-20-23(11-12)17-6-5-15(9-16(17)19)14(3)21-18(25)22(4)8-7-13(2)24/h5-6,9-11,13-14,24H,7-8H2,1-4H3,(H,21,25). The second-order valence-corrected chi connectivity index (χ2v) is 6.40. The number of carbonyl (C=O) groups excluding carboxylic acids is 1. The molecule has 0 aliphatic carbocycles. The van der Waals surface area contributed by atoms with E-state index < -0.39 is 11.9 Å². The molecule has 0 aliphatic rings. The van der Waals surface area contributed by atoms with Gasteiger partial charge in [-0.2, -0.15) is 5.10 Å². The van der Waals surface area contributed by atoms with Crippen LogP contribution in [-0.4, -0.2) is 45.5 Å². The molecule has 2 amide bonds. The van der Waals surface area contributed by atoms with Crippen molar-refractivity contribution in [1.29, 1.82) is 0 Å². The molecule has 2 N–H and O–H groups in total. The lowest BCUT2D eigenvalue weighted by atomic mass is 10.1. The molecule has 136 valence electrons. The topological polar surface area (TPSA) is 70.4 Å². The highest BCUT2D eigenvalue weighted by Gasteiger charge is 2.16. The Labute approximate surface area is 147 Å². The fourth-order valence-electron chi connectivity index (χ4n) is 2.38.